The summed E-state index contributed by atoms with van der Waals surface area (Å²) in [5.74, 6) is -0.595. The summed E-state index contributed by atoms with van der Waals surface area (Å²) in [6.07, 6.45) is 7.25. The Labute approximate surface area is 138 Å². The molecule has 4 heteroatoms. The van der Waals surface area contributed by atoms with E-state index >= 15 is 0 Å². The molecule has 1 fully saturated rings. The van der Waals surface area contributed by atoms with Crippen LogP contribution in [0.5, 0.6) is 0 Å². The van der Waals surface area contributed by atoms with Gasteiger partial charge in [0.2, 0.25) is 0 Å². The first-order chi connectivity index (χ1) is 11.0. The number of rotatable bonds is 4. The number of aromatic nitrogens is 2. The topological polar surface area (TPSA) is 36.3 Å². The molecule has 0 radical (unpaired) electrons. The molecule has 0 spiro atoms. The number of benzene rings is 1. The van der Waals surface area contributed by atoms with Crippen LogP contribution < -0.4 is 0 Å². The van der Waals surface area contributed by atoms with Crippen molar-refractivity contribution < 1.29 is 9.47 Å². The van der Waals surface area contributed by atoms with E-state index in [9.17, 15) is 0 Å². The van der Waals surface area contributed by atoms with E-state index in [0.717, 1.165) is 26.1 Å². The van der Waals surface area contributed by atoms with Gasteiger partial charge in [-0.3, -0.25) is 0 Å². The maximum absolute atomic E-state index is 6.07. The normalized spacial score (nSPS) is 18.0. The highest BCUT2D eigenvalue weighted by Gasteiger charge is 2.35. The van der Waals surface area contributed by atoms with E-state index < -0.39 is 5.79 Å². The first kappa shape index (κ1) is 16.2. The minimum atomic E-state index is -0.595. The number of imidazole rings is 1. The van der Waals surface area contributed by atoms with Gasteiger partial charge in [0.05, 0.1) is 26.1 Å². The smallest absolute Gasteiger partial charge is 0.190 e. The van der Waals surface area contributed by atoms with Gasteiger partial charge in [0.25, 0.3) is 0 Å². The molecular formula is C19H26N2O2. The fourth-order valence-corrected chi connectivity index (χ4v) is 2.96. The molecule has 2 aromatic rings. The van der Waals surface area contributed by atoms with E-state index in [1.807, 2.05) is 17.1 Å². The fourth-order valence-electron chi connectivity index (χ4n) is 2.96. The summed E-state index contributed by atoms with van der Waals surface area (Å²) < 4.78 is 14.2. The second-order valence-corrected chi connectivity index (χ2v) is 7.32. The lowest BCUT2D eigenvalue weighted by Crippen LogP contribution is -2.46. The lowest BCUT2D eigenvalue weighted by molar-refractivity contribution is -0.272. The van der Waals surface area contributed by atoms with Gasteiger partial charge in [-0.25, -0.2) is 4.98 Å². The average Bonchev–Trinajstić information content (AvgIpc) is 3.00. The van der Waals surface area contributed by atoms with Gasteiger partial charge in [-0.2, -0.15) is 0 Å². The van der Waals surface area contributed by atoms with Crippen molar-refractivity contribution >= 4 is 0 Å². The van der Waals surface area contributed by atoms with Crippen molar-refractivity contribution in [3.05, 3.63) is 54.1 Å². The highest BCUT2D eigenvalue weighted by atomic mass is 16.7. The number of hydrogen-bond acceptors (Lipinski definition) is 3. The van der Waals surface area contributed by atoms with Crippen molar-refractivity contribution in [1.82, 2.24) is 9.55 Å². The molecule has 0 atom stereocenters. The molecule has 3 rings (SSSR count). The maximum atomic E-state index is 6.07. The Morgan fingerprint density at radius 1 is 1.13 bits per heavy atom. The van der Waals surface area contributed by atoms with Crippen LogP contribution in [0.4, 0.5) is 0 Å². The first-order valence-electron chi connectivity index (χ1n) is 8.30. The van der Waals surface area contributed by atoms with Gasteiger partial charge in [0.1, 0.15) is 0 Å². The zero-order valence-corrected chi connectivity index (χ0v) is 14.3. The molecule has 1 aromatic heterocycles. The zero-order chi connectivity index (χ0) is 16.3. The molecule has 1 aromatic carbocycles. The van der Waals surface area contributed by atoms with Crippen molar-refractivity contribution in [3.8, 4) is 0 Å². The van der Waals surface area contributed by atoms with Crippen molar-refractivity contribution in [2.75, 3.05) is 13.2 Å². The number of nitrogens with zero attached hydrogens (tertiary/aromatic N) is 2. The molecule has 0 aliphatic carbocycles. The minimum Gasteiger partial charge on any atom is -0.348 e. The number of hydrogen-bond donors (Lipinski definition) is 0. The third kappa shape index (κ3) is 4.01. The van der Waals surface area contributed by atoms with Crippen LogP contribution in [0.2, 0.25) is 0 Å². The lowest BCUT2D eigenvalue weighted by Gasteiger charge is -2.37. The van der Waals surface area contributed by atoms with Gasteiger partial charge < -0.3 is 14.0 Å². The molecule has 1 aliphatic heterocycles. The van der Waals surface area contributed by atoms with Crippen LogP contribution in [0.15, 0.2) is 43.0 Å². The van der Waals surface area contributed by atoms with Crippen LogP contribution >= 0.6 is 0 Å². The van der Waals surface area contributed by atoms with E-state index in [1.165, 1.54) is 11.1 Å². The lowest BCUT2D eigenvalue weighted by atomic mass is 9.86. The predicted octanol–water partition coefficient (Wildman–Crippen LogP) is 3.56. The Balaban J connectivity index is 1.78. The zero-order valence-electron chi connectivity index (χ0n) is 14.3. The van der Waals surface area contributed by atoms with Crippen molar-refractivity contribution in [3.63, 3.8) is 0 Å². The van der Waals surface area contributed by atoms with Crippen LogP contribution in [0.25, 0.3) is 0 Å². The second-order valence-electron chi connectivity index (χ2n) is 7.32. The molecule has 0 amide bonds. The molecule has 0 unspecified atom stereocenters. The summed E-state index contributed by atoms with van der Waals surface area (Å²) in [5.41, 5.74) is 2.75. The molecule has 0 bridgehead atoms. The summed E-state index contributed by atoms with van der Waals surface area (Å²) in [7, 11) is 0. The Kier molecular flexibility index (Phi) is 4.55. The van der Waals surface area contributed by atoms with Gasteiger partial charge >= 0.3 is 0 Å². The van der Waals surface area contributed by atoms with Crippen molar-refractivity contribution in [1.29, 1.82) is 0 Å². The molecule has 23 heavy (non-hydrogen) atoms. The predicted molar refractivity (Wildman–Crippen MR) is 90.3 cm³/mol. The summed E-state index contributed by atoms with van der Waals surface area (Å²) in [6.45, 7) is 8.85. The number of ether oxygens (including phenoxy) is 2. The Morgan fingerprint density at radius 2 is 1.83 bits per heavy atom. The van der Waals surface area contributed by atoms with Gasteiger partial charge in [0.15, 0.2) is 5.79 Å². The van der Waals surface area contributed by atoms with E-state index in [4.69, 9.17) is 9.47 Å². The molecule has 2 heterocycles. The monoisotopic (exact) mass is 314 g/mol. The van der Waals surface area contributed by atoms with Crippen LogP contribution in [0.1, 0.15) is 38.3 Å². The van der Waals surface area contributed by atoms with Gasteiger partial charge in [-0.05, 0) is 23.0 Å². The van der Waals surface area contributed by atoms with Gasteiger partial charge in [0, 0.05) is 18.8 Å². The highest BCUT2D eigenvalue weighted by molar-refractivity contribution is 5.28. The quantitative estimate of drug-likeness (QED) is 0.866. The molecular weight excluding hydrogens is 288 g/mol. The summed E-state index contributed by atoms with van der Waals surface area (Å²) in [6, 6.07) is 8.81. The average molecular weight is 314 g/mol. The summed E-state index contributed by atoms with van der Waals surface area (Å²) in [5, 5.41) is 0. The Morgan fingerprint density at radius 3 is 2.39 bits per heavy atom. The minimum absolute atomic E-state index is 0.171. The SMILES string of the molecule is CC(C)(C)c1ccc(CC2(Cn3ccnc3)OCCCO2)cc1. The summed E-state index contributed by atoms with van der Waals surface area (Å²) in [4.78, 5) is 4.12. The van der Waals surface area contributed by atoms with E-state index in [1.54, 1.807) is 6.20 Å². The summed E-state index contributed by atoms with van der Waals surface area (Å²) >= 11 is 0. The largest absolute Gasteiger partial charge is 0.348 e. The molecule has 0 N–H and O–H groups in total. The Bertz CT molecular complexity index is 606. The van der Waals surface area contributed by atoms with Crippen molar-refractivity contribution in [2.24, 2.45) is 0 Å². The molecule has 4 nitrogen and oxygen atoms in total. The molecule has 124 valence electrons. The van der Waals surface area contributed by atoms with E-state index in [0.29, 0.717) is 6.54 Å². The van der Waals surface area contributed by atoms with Gasteiger partial charge in [-0.15, -0.1) is 0 Å². The fraction of sp³-hybridized carbons (Fsp3) is 0.526. The van der Waals surface area contributed by atoms with E-state index in [2.05, 4.69) is 50.0 Å². The molecule has 1 saturated heterocycles. The van der Waals surface area contributed by atoms with Crippen molar-refractivity contribution in [2.45, 2.75) is 51.4 Å². The first-order valence-corrected chi connectivity index (χ1v) is 8.30. The van der Waals surface area contributed by atoms with E-state index in [-0.39, 0.29) is 5.41 Å². The Hall–Kier alpha value is -1.65. The van der Waals surface area contributed by atoms with Gasteiger partial charge in [-0.1, -0.05) is 45.0 Å². The molecule has 0 saturated carbocycles. The van der Waals surface area contributed by atoms with Crippen LogP contribution in [-0.2, 0) is 27.9 Å². The third-order valence-corrected chi connectivity index (χ3v) is 4.29. The second kappa shape index (κ2) is 6.46. The van der Waals surface area contributed by atoms with Crippen LogP contribution in [0, 0.1) is 0 Å². The third-order valence-electron chi connectivity index (χ3n) is 4.29. The van der Waals surface area contributed by atoms with Crippen LogP contribution in [-0.4, -0.2) is 28.6 Å². The maximum Gasteiger partial charge on any atom is 0.190 e. The highest BCUT2D eigenvalue weighted by Crippen LogP contribution is 2.28. The molecule has 1 aliphatic rings. The van der Waals surface area contributed by atoms with Crippen LogP contribution in [0.3, 0.4) is 0 Å². The standard InChI is InChI=1S/C19H26N2O2/c1-18(2,3)17-7-5-16(6-8-17)13-19(22-11-4-12-23-19)14-21-10-9-20-15-21/h5-10,15H,4,11-14H2,1-3H3.